The molecule has 2 rings (SSSR count). The van der Waals surface area contributed by atoms with Crippen molar-refractivity contribution >= 4 is 52.4 Å². The van der Waals surface area contributed by atoms with E-state index in [4.69, 9.17) is 21.0 Å². The third-order valence-electron chi connectivity index (χ3n) is 2.76. The summed E-state index contributed by atoms with van der Waals surface area (Å²) in [6, 6.07) is 5.10. The molecule has 0 aliphatic carbocycles. The topological polar surface area (TPSA) is 144 Å². The number of carbonyl (C=O) groups is 2. The molecule has 0 aromatic carbocycles. The van der Waals surface area contributed by atoms with Gasteiger partial charge in [0.25, 0.3) is 0 Å². The fourth-order valence-corrected chi connectivity index (χ4v) is 1.70. The van der Waals surface area contributed by atoms with Crippen LogP contribution in [0.5, 0.6) is 0 Å². The Hall–Kier alpha value is -2.28. The summed E-state index contributed by atoms with van der Waals surface area (Å²) in [6.45, 7) is 0. The molecule has 11 heteroatoms. The molecule has 0 unspecified atom stereocenters. The average molecular weight is 463 g/mol. The number of pyridine rings is 1. The summed E-state index contributed by atoms with van der Waals surface area (Å²) in [5.74, 6) is -2.82. The minimum Gasteiger partial charge on any atom is -0.753 e. The van der Waals surface area contributed by atoms with Gasteiger partial charge in [-0.25, -0.2) is 0 Å². The van der Waals surface area contributed by atoms with Crippen molar-refractivity contribution in [2.45, 2.75) is 6.42 Å². The summed E-state index contributed by atoms with van der Waals surface area (Å²) < 4.78 is 0. The van der Waals surface area contributed by atoms with Crippen LogP contribution in [-0.4, -0.2) is 43.2 Å². The molecule has 1 aliphatic rings. The van der Waals surface area contributed by atoms with E-state index < -0.39 is 17.4 Å². The summed E-state index contributed by atoms with van der Waals surface area (Å²) in [7, 11) is 0. The minimum absolute atomic E-state index is 0. The van der Waals surface area contributed by atoms with Gasteiger partial charge in [0.1, 0.15) is 0 Å². The van der Waals surface area contributed by atoms with E-state index in [1.54, 1.807) is 24.4 Å². The zero-order valence-corrected chi connectivity index (χ0v) is 15.7. The van der Waals surface area contributed by atoms with E-state index in [1.807, 2.05) is 0 Å². The number of carboxylic acid groups (broad SMARTS) is 2. The van der Waals surface area contributed by atoms with Gasteiger partial charge in [-0.3, -0.25) is 19.6 Å². The van der Waals surface area contributed by atoms with Crippen molar-refractivity contribution in [1.82, 2.24) is 4.98 Å². The third-order valence-corrected chi connectivity index (χ3v) is 2.76. The van der Waals surface area contributed by atoms with Crippen molar-refractivity contribution in [3.8, 4) is 0 Å². The minimum atomic E-state index is -1.96. The fourth-order valence-electron chi connectivity index (χ4n) is 1.70. The average Bonchev–Trinajstić information content (AvgIpc) is 2.57. The van der Waals surface area contributed by atoms with Gasteiger partial charge in [0.2, 0.25) is 0 Å². The predicted octanol–water partition coefficient (Wildman–Crippen LogP) is 2.26. The first-order valence-electron chi connectivity index (χ1n) is 6.04. The zero-order valence-electron chi connectivity index (χ0n) is 12.3. The van der Waals surface area contributed by atoms with Crippen LogP contribution >= 0.6 is 24.4 Å². The molecule has 130 valence electrons. The van der Waals surface area contributed by atoms with Crippen LogP contribution in [-0.2, 0) is 29.1 Å². The van der Waals surface area contributed by atoms with E-state index in [0.717, 1.165) is 6.08 Å². The van der Waals surface area contributed by atoms with Gasteiger partial charge in [0.15, 0.2) is 5.41 Å². The quantitative estimate of drug-likeness (QED) is 0.303. The molecule has 0 amide bonds. The number of hydrogen-bond acceptors (Lipinski definition) is 6. The van der Waals surface area contributed by atoms with E-state index >= 15 is 0 Å². The molecule has 1 aliphatic heterocycles. The number of aliphatic carboxylic acids is 2. The Morgan fingerprint density at radius 2 is 1.68 bits per heavy atom. The van der Waals surface area contributed by atoms with Gasteiger partial charge in [-0.15, -0.1) is 0 Å². The second kappa shape index (κ2) is 13.1. The van der Waals surface area contributed by atoms with Crippen LogP contribution < -0.4 is 0 Å². The molecule has 0 saturated carbocycles. The molecular formula is C14H10N4O4RuS2. The van der Waals surface area contributed by atoms with Gasteiger partial charge in [-0.2, -0.15) is 10.3 Å². The van der Waals surface area contributed by atoms with Gasteiger partial charge >= 0.3 is 31.4 Å². The van der Waals surface area contributed by atoms with Crippen LogP contribution in [0.1, 0.15) is 12.1 Å². The standard InChI is InChI=1S/C12H10N2O4.2CNS.Ru/c15-10(16)12(11(17)18)4-6-14-9(7-12)8-3-1-2-5-13-8;2*2-1-3;/h1-6H,7H2,(H,15,16)(H,17,18);;;/q;2*-1;+2. The monoisotopic (exact) mass is 464 g/mol. The van der Waals surface area contributed by atoms with Crippen LogP contribution in [0.3, 0.4) is 0 Å². The van der Waals surface area contributed by atoms with Gasteiger partial charge in [0.05, 0.1) is 11.4 Å². The maximum atomic E-state index is 11.2. The number of thiocarbonyl (C=S) groups is 2. The zero-order chi connectivity index (χ0) is 18.6. The Kier molecular flexibility index (Phi) is 13.0. The second-order valence-electron chi connectivity index (χ2n) is 4.05. The second-order valence-corrected chi connectivity index (χ2v) is 4.41. The van der Waals surface area contributed by atoms with E-state index in [9.17, 15) is 9.59 Å². The van der Waals surface area contributed by atoms with E-state index in [0.29, 0.717) is 11.4 Å². The largest absolute Gasteiger partial charge is 2.00 e. The van der Waals surface area contributed by atoms with Crippen molar-refractivity contribution in [1.29, 1.82) is 0 Å². The van der Waals surface area contributed by atoms with E-state index in [2.05, 4.69) is 34.4 Å². The summed E-state index contributed by atoms with van der Waals surface area (Å²) in [5, 5.41) is 35.2. The van der Waals surface area contributed by atoms with Crippen LogP contribution in [0.2, 0.25) is 0 Å². The number of aromatic nitrogens is 1. The molecule has 2 heterocycles. The van der Waals surface area contributed by atoms with Crippen LogP contribution in [0.4, 0.5) is 0 Å². The predicted molar refractivity (Wildman–Crippen MR) is 94.1 cm³/mol. The molecule has 0 atom stereocenters. The molecule has 2 N–H and O–H groups in total. The smallest absolute Gasteiger partial charge is 0.753 e. The van der Waals surface area contributed by atoms with Gasteiger partial charge in [0, 0.05) is 18.8 Å². The van der Waals surface area contributed by atoms with Crippen molar-refractivity contribution in [2.24, 2.45) is 10.4 Å². The molecule has 1 aromatic heterocycles. The number of carboxylic acids is 2. The summed E-state index contributed by atoms with van der Waals surface area (Å²) in [6.07, 6.45) is 3.62. The van der Waals surface area contributed by atoms with Gasteiger partial charge < -0.3 is 21.0 Å². The molecule has 0 bridgehead atoms. The number of hydrogen-bond donors (Lipinski definition) is 2. The summed E-state index contributed by atoms with van der Waals surface area (Å²) in [4.78, 5) is 30.4. The van der Waals surface area contributed by atoms with Crippen LogP contribution in [0.15, 0.2) is 41.7 Å². The molecule has 0 spiro atoms. The number of isothiocyanates is 2. The van der Waals surface area contributed by atoms with Crippen molar-refractivity contribution in [2.75, 3.05) is 0 Å². The maximum absolute atomic E-state index is 11.2. The Labute approximate surface area is 166 Å². The van der Waals surface area contributed by atoms with Crippen molar-refractivity contribution in [3.63, 3.8) is 0 Å². The molecule has 0 radical (unpaired) electrons. The Balaban J connectivity index is 0. The number of nitrogens with zero attached hydrogens (tertiary/aromatic N) is 4. The van der Waals surface area contributed by atoms with Crippen LogP contribution in [0, 0.1) is 5.41 Å². The SMILES string of the molecule is O=C(O)C1(C(=O)O)C=CN=C(c2ccccn2)C1.[N-]=C=S.[N-]=C=S.[Ru+2]. The normalized spacial score (nSPS) is 12.9. The van der Waals surface area contributed by atoms with Crippen LogP contribution in [0.25, 0.3) is 10.8 Å². The summed E-state index contributed by atoms with van der Waals surface area (Å²) >= 11 is 7.40. The fraction of sp³-hybridized carbons (Fsp3) is 0.143. The molecule has 0 saturated heterocycles. The van der Waals surface area contributed by atoms with Crippen molar-refractivity contribution < 1.29 is 39.3 Å². The molecule has 0 fully saturated rings. The van der Waals surface area contributed by atoms with E-state index in [-0.39, 0.29) is 25.9 Å². The first-order valence-corrected chi connectivity index (χ1v) is 6.86. The first-order chi connectivity index (χ1) is 11.4. The maximum Gasteiger partial charge on any atom is 2.00 e. The third kappa shape index (κ3) is 7.43. The number of aliphatic imine (C=N–C) groups is 1. The first kappa shape index (κ1) is 25.0. The van der Waals surface area contributed by atoms with Gasteiger partial charge in [-0.1, -0.05) is 30.5 Å². The molecule has 8 nitrogen and oxygen atoms in total. The Morgan fingerprint density at radius 1 is 1.16 bits per heavy atom. The summed E-state index contributed by atoms with van der Waals surface area (Å²) in [5.41, 5.74) is -1.13. The Morgan fingerprint density at radius 3 is 2.08 bits per heavy atom. The van der Waals surface area contributed by atoms with Gasteiger partial charge in [-0.05, 0) is 18.2 Å². The van der Waals surface area contributed by atoms with E-state index in [1.165, 1.54) is 16.5 Å². The molecule has 1 aromatic rings. The number of rotatable bonds is 3. The Bertz CT molecular complexity index is 700. The molecular weight excluding hydrogens is 453 g/mol. The van der Waals surface area contributed by atoms with Crippen molar-refractivity contribution in [3.05, 3.63) is 53.2 Å². The molecule has 25 heavy (non-hydrogen) atoms.